The van der Waals surface area contributed by atoms with E-state index in [9.17, 15) is 4.79 Å². The molecule has 2 heterocycles. The third-order valence-electron chi connectivity index (χ3n) is 4.87. The van der Waals surface area contributed by atoms with Crippen LogP contribution < -0.4 is 10.1 Å². The first-order valence-corrected chi connectivity index (χ1v) is 9.29. The number of thiazole rings is 1. The molecule has 0 unspecified atom stereocenters. The summed E-state index contributed by atoms with van der Waals surface area (Å²) in [5, 5.41) is 5.00. The molecule has 1 amide bonds. The fourth-order valence-corrected chi connectivity index (χ4v) is 4.13. The zero-order valence-electron chi connectivity index (χ0n) is 13.6. The second kappa shape index (κ2) is 6.53. The first-order chi connectivity index (χ1) is 11.8. The van der Waals surface area contributed by atoms with Gasteiger partial charge in [0.1, 0.15) is 11.4 Å². The summed E-state index contributed by atoms with van der Waals surface area (Å²) in [5.74, 6) is 0.784. The van der Waals surface area contributed by atoms with E-state index in [0.717, 1.165) is 18.7 Å². The third kappa shape index (κ3) is 3.03. The Hall–Kier alpha value is -1.92. The molecule has 1 saturated heterocycles. The lowest BCUT2D eigenvalue weighted by Gasteiger charge is -2.29. The van der Waals surface area contributed by atoms with Gasteiger partial charge in [0.15, 0.2) is 0 Å². The molecule has 1 aromatic carbocycles. The molecule has 2 aliphatic rings. The van der Waals surface area contributed by atoms with Crippen molar-refractivity contribution in [3.8, 4) is 5.75 Å². The molecule has 126 valence electrons. The molecule has 0 radical (unpaired) electrons. The molecule has 1 N–H and O–H groups in total. The lowest BCUT2D eigenvalue weighted by atomic mass is 9.99. The van der Waals surface area contributed by atoms with Crippen molar-refractivity contribution in [1.29, 1.82) is 0 Å². The highest BCUT2D eigenvalue weighted by Gasteiger charge is 2.43. The summed E-state index contributed by atoms with van der Waals surface area (Å²) < 4.78 is 5.39. The van der Waals surface area contributed by atoms with Crippen molar-refractivity contribution in [3.63, 3.8) is 0 Å². The zero-order chi connectivity index (χ0) is 16.5. The van der Waals surface area contributed by atoms with Crippen molar-refractivity contribution in [2.24, 2.45) is 0 Å². The van der Waals surface area contributed by atoms with Crippen LogP contribution in [0.4, 0.5) is 0 Å². The van der Waals surface area contributed by atoms with Gasteiger partial charge in [0.2, 0.25) is 0 Å². The Morgan fingerprint density at radius 2 is 2.25 bits per heavy atom. The molecule has 0 spiro atoms. The molecule has 6 heteroatoms. The van der Waals surface area contributed by atoms with Crippen LogP contribution in [0.25, 0.3) is 0 Å². The van der Waals surface area contributed by atoms with Crippen LogP contribution in [-0.2, 0) is 0 Å². The van der Waals surface area contributed by atoms with Gasteiger partial charge in [0.25, 0.3) is 5.91 Å². The first kappa shape index (κ1) is 15.6. The van der Waals surface area contributed by atoms with Crippen LogP contribution in [0.5, 0.6) is 5.75 Å². The van der Waals surface area contributed by atoms with E-state index in [0.29, 0.717) is 11.7 Å². The predicted octanol–water partition coefficient (Wildman–Crippen LogP) is 2.86. The Labute approximate surface area is 145 Å². The maximum absolute atomic E-state index is 12.4. The van der Waals surface area contributed by atoms with E-state index < -0.39 is 0 Å². The van der Waals surface area contributed by atoms with E-state index in [1.54, 1.807) is 18.0 Å². The van der Waals surface area contributed by atoms with Crippen LogP contribution in [0.3, 0.4) is 0 Å². The summed E-state index contributed by atoms with van der Waals surface area (Å²) in [5.41, 5.74) is 3.41. The number of carbonyl (C=O) groups is 1. The summed E-state index contributed by atoms with van der Waals surface area (Å²) in [6.45, 7) is 1.02. The highest BCUT2D eigenvalue weighted by molar-refractivity contribution is 7.07. The Kier molecular flexibility index (Phi) is 4.24. The van der Waals surface area contributed by atoms with Crippen molar-refractivity contribution in [3.05, 3.63) is 46.4 Å². The maximum Gasteiger partial charge on any atom is 0.271 e. The maximum atomic E-state index is 12.4. The molecule has 2 aromatic rings. The Bertz CT molecular complexity index is 715. The standard InChI is InChI=1S/C18H21N3O2S/c1-23-14-4-2-3-12(9-14)17-15(7-8-21(17)13-5-6-13)20-18(22)16-10-24-11-19-16/h2-4,9-11,13,15,17H,5-8H2,1H3,(H,20,22)/t15-,17+/m0/s1. The van der Waals surface area contributed by atoms with Gasteiger partial charge in [-0.05, 0) is 37.0 Å². The van der Waals surface area contributed by atoms with Gasteiger partial charge in [0, 0.05) is 18.0 Å². The van der Waals surface area contributed by atoms with Crippen LogP contribution in [0.2, 0.25) is 0 Å². The summed E-state index contributed by atoms with van der Waals surface area (Å²) in [6, 6.07) is 9.17. The Morgan fingerprint density at radius 3 is 2.96 bits per heavy atom. The number of hydrogen-bond acceptors (Lipinski definition) is 5. The van der Waals surface area contributed by atoms with Crippen LogP contribution >= 0.6 is 11.3 Å². The summed E-state index contributed by atoms with van der Waals surface area (Å²) in [6.07, 6.45) is 3.48. The van der Waals surface area contributed by atoms with Crippen LogP contribution in [-0.4, -0.2) is 41.5 Å². The van der Waals surface area contributed by atoms with Gasteiger partial charge in [-0.3, -0.25) is 9.69 Å². The van der Waals surface area contributed by atoms with Gasteiger partial charge in [0.05, 0.1) is 24.7 Å². The number of nitrogens with one attached hydrogen (secondary N) is 1. The predicted molar refractivity (Wildman–Crippen MR) is 93.4 cm³/mol. The normalized spacial score (nSPS) is 24.0. The van der Waals surface area contributed by atoms with Crippen molar-refractivity contribution in [2.45, 2.75) is 37.4 Å². The summed E-state index contributed by atoms with van der Waals surface area (Å²) in [4.78, 5) is 19.1. The molecule has 4 rings (SSSR count). The summed E-state index contributed by atoms with van der Waals surface area (Å²) in [7, 11) is 1.69. The van der Waals surface area contributed by atoms with Crippen LogP contribution in [0.1, 0.15) is 41.4 Å². The molecule has 1 saturated carbocycles. The molecule has 5 nitrogen and oxygen atoms in total. The SMILES string of the molecule is COc1cccc([C@@H]2[C@@H](NC(=O)c3cscn3)CCN2C2CC2)c1. The average Bonchev–Trinajstić information content (AvgIpc) is 3.14. The van der Waals surface area contributed by atoms with E-state index >= 15 is 0 Å². The van der Waals surface area contributed by atoms with E-state index in [-0.39, 0.29) is 18.0 Å². The number of carbonyl (C=O) groups excluding carboxylic acids is 1. The van der Waals surface area contributed by atoms with E-state index in [1.165, 1.54) is 29.7 Å². The third-order valence-corrected chi connectivity index (χ3v) is 5.46. The topological polar surface area (TPSA) is 54.5 Å². The minimum absolute atomic E-state index is 0.0770. The highest BCUT2D eigenvalue weighted by Crippen LogP contribution is 2.41. The Balaban J connectivity index is 1.59. The molecule has 2 fully saturated rings. The van der Waals surface area contributed by atoms with E-state index in [1.807, 2.05) is 12.1 Å². The van der Waals surface area contributed by atoms with Gasteiger partial charge in [-0.1, -0.05) is 12.1 Å². The minimum atomic E-state index is -0.0770. The average molecular weight is 343 g/mol. The number of amides is 1. The number of benzene rings is 1. The van der Waals surface area contributed by atoms with Crippen molar-refractivity contribution in [1.82, 2.24) is 15.2 Å². The van der Waals surface area contributed by atoms with Gasteiger partial charge < -0.3 is 10.1 Å². The lowest BCUT2D eigenvalue weighted by Crippen LogP contribution is -2.40. The molecular formula is C18H21N3O2S. The summed E-state index contributed by atoms with van der Waals surface area (Å²) >= 11 is 1.44. The number of nitrogens with zero attached hydrogens (tertiary/aromatic N) is 2. The van der Waals surface area contributed by atoms with Crippen molar-refractivity contribution < 1.29 is 9.53 Å². The fourth-order valence-electron chi connectivity index (χ4n) is 3.60. The van der Waals surface area contributed by atoms with Crippen LogP contribution in [0, 0.1) is 0 Å². The smallest absolute Gasteiger partial charge is 0.271 e. The van der Waals surface area contributed by atoms with Gasteiger partial charge >= 0.3 is 0 Å². The molecule has 1 aliphatic heterocycles. The van der Waals surface area contributed by atoms with E-state index in [4.69, 9.17) is 4.74 Å². The number of rotatable bonds is 5. The van der Waals surface area contributed by atoms with Crippen molar-refractivity contribution >= 4 is 17.2 Å². The Morgan fingerprint density at radius 1 is 1.38 bits per heavy atom. The molecule has 2 atom stereocenters. The number of methoxy groups -OCH3 is 1. The molecule has 1 aliphatic carbocycles. The largest absolute Gasteiger partial charge is 0.497 e. The molecule has 0 bridgehead atoms. The van der Waals surface area contributed by atoms with Gasteiger partial charge in [-0.25, -0.2) is 4.98 Å². The number of aromatic nitrogens is 1. The van der Waals surface area contributed by atoms with Crippen LogP contribution in [0.15, 0.2) is 35.2 Å². The first-order valence-electron chi connectivity index (χ1n) is 8.35. The fraction of sp³-hybridized carbons (Fsp3) is 0.444. The molecular weight excluding hydrogens is 322 g/mol. The van der Waals surface area contributed by atoms with Gasteiger partial charge in [-0.15, -0.1) is 11.3 Å². The van der Waals surface area contributed by atoms with E-state index in [2.05, 4.69) is 27.3 Å². The van der Waals surface area contributed by atoms with Gasteiger partial charge in [-0.2, -0.15) is 0 Å². The zero-order valence-corrected chi connectivity index (χ0v) is 14.5. The highest BCUT2D eigenvalue weighted by atomic mass is 32.1. The molecule has 1 aromatic heterocycles. The molecule has 24 heavy (non-hydrogen) atoms. The lowest BCUT2D eigenvalue weighted by molar-refractivity contribution is 0.0919. The minimum Gasteiger partial charge on any atom is -0.497 e. The number of hydrogen-bond donors (Lipinski definition) is 1. The van der Waals surface area contributed by atoms with Crippen molar-refractivity contribution in [2.75, 3.05) is 13.7 Å². The number of likely N-dealkylation sites (tertiary alicyclic amines) is 1. The second-order valence-electron chi connectivity index (χ2n) is 6.43. The monoisotopic (exact) mass is 343 g/mol. The second-order valence-corrected chi connectivity index (χ2v) is 7.15. The number of ether oxygens (including phenoxy) is 1. The quantitative estimate of drug-likeness (QED) is 0.907.